The fourth-order valence-corrected chi connectivity index (χ4v) is 4.36. The van der Waals surface area contributed by atoms with Gasteiger partial charge in [0.2, 0.25) is 5.95 Å². The summed E-state index contributed by atoms with van der Waals surface area (Å²) < 4.78 is 2.12. The summed E-state index contributed by atoms with van der Waals surface area (Å²) in [6, 6.07) is 23.9. The van der Waals surface area contributed by atoms with Gasteiger partial charge in [0.15, 0.2) is 0 Å². The maximum Gasteiger partial charge on any atom is 0.255 e. The molecule has 5 rings (SSSR count). The van der Waals surface area contributed by atoms with E-state index in [2.05, 4.69) is 44.4 Å². The molecule has 1 aromatic heterocycles. The molecule has 0 fully saturated rings. The second-order valence-electron chi connectivity index (χ2n) is 8.67. The van der Waals surface area contributed by atoms with Crippen molar-refractivity contribution in [3.8, 4) is 0 Å². The van der Waals surface area contributed by atoms with Crippen LogP contribution in [0.25, 0.3) is 11.0 Å². The third kappa shape index (κ3) is 3.74. The van der Waals surface area contributed by atoms with Crippen molar-refractivity contribution in [3.63, 3.8) is 0 Å². The van der Waals surface area contributed by atoms with Crippen molar-refractivity contribution in [1.82, 2.24) is 9.55 Å². The second-order valence-corrected chi connectivity index (χ2v) is 8.67. The number of anilines is 3. The third-order valence-electron chi connectivity index (χ3n) is 6.11. The summed E-state index contributed by atoms with van der Waals surface area (Å²) in [4.78, 5) is 20.5. The van der Waals surface area contributed by atoms with Gasteiger partial charge >= 0.3 is 0 Å². The minimum Gasteiger partial charge on any atom is -0.378 e. The number of hydrogen-bond donors (Lipinski definition) is 2. The number of rotatable bonds is 4. The van der Waals surface area contributed by atoms with Crippen LogP contribution in [0.4, 0.5) is 17.3 Å². The number of fused-ring (bicyclic) bond motifs is 3. The number of aryl methyl sites for hydroxylation is 1. The molecule has 0 unspecified atom stereocenters. The molecule has 6 nitrogen and oxygen atoms in total. The van der Waals surface area contributed by atoms with Crippen molar-refractivity contribution >= 4 is 34.3 Å². The van der Waals surface area contributed by atoms with Crippen LogP contribution in [0.2, 0.25) is 0 Å². The largest absolute Gasteiger partial charge is 0.378 e. The molecular formula is C27H27N5O. The monoisotopic (exact) mass is 437 g/mol. The highest BCUT2D eigenvalue weighted by molar-refractivity contribution is 6.06. The van der Waals surface area contributed by atoms with E-state index in [9.17, 15) is 4.79 Å². The molecular weight excluding hydrogens is 410 g/mol. The zero-order valence-electron chi connectivity index (χ0n) is 19.3. The summed E-state index contributed by atoms with van der Waals surface area (Å²) >= 11 is 0. The predicted molar refractivity (Wildman–Crippen MR) is 135 cm³/mol. The lowest BCUT2D eigenvalue weighted by molar-refractivity contribution is -0.113. The molecule has 1 aliphatic rings. The van der Waals surface area contributed by atoms with Gasteiger partial charge in [-0.3, -0.25) is 9.36 Å². The highest BCUT2D eigenvalue weighted by Gasteiger charge is 2.34. The standard InChI is InChI=1S/C27H27N5O/c1-17-9-13-20(14-10-17)29-26(33)24-18(2)28-27-30-22-7-5-6-8-23(22)32(27)25(24)19-11-15-21(16-12-19)31(3)4/h5-16,25H,1-4H3,(H,28,30)(H,29,33)/t25-/m0/s1. The van der Waals surface area contributed by atoms with Crippen LogP contribution >= 0.6 is 0 Å². The number of aromatic nitrogens is 2. The normalized spacial score (nSPS) is 15.2. The Labute approximate surface area is 193 Å². The topological polar surface area (TPSA) is 62.2 Å². The quantitative estimate of drug-likeness (QED) is 0.453. The van der Waals surface area contributed by atoms with E-state index in [1.54, 1.807) is 0 Å². The maximum absolute atomic E-state index is 13.6. The van der Waals surface area contributed by atoms with Crippen molar-refractivity contribution in [2.24, 2.45) is 0 Å². The van der Waals surface area contributed by atoms with Crippen LogP contribution < -0.4 is 15.5 Å². The van der Waals surface area contributed by atoms with E-state index in [-0.39, 0.29) is 11.9 Å². The lowest BCUT2D eigenvalue weighted by Crippen LogP contribution is -2.31. The van der Waals surface area contributed by atoms with E-state index in [1.165, 1.54) is 0 Å². The van der Waals surface area contributed by atoms with Gasteiger partial charge in [-0.05, 0) is 55.8 Å². The molecule has 33 heavy (non-hydrogen) atoms. The van der Waals surface area contributed by atoms with Crippen LogP contribution in [0, 0.1) is 6.92 Å². The van der Waals surface area contributed by atoms with E-state index >= 15 is 0 Å². The minimum atomic E-state index is -0.310. The molecule has 3 aromatic carbocycles. The fourth-order valence-electron chi connectivity index (χ4n) is 4.36. The first-order chi connectivity index (χ1) is 15.9. The number of carbonyl (C=O) groups excluding carboxylic acids is 1. The summed E-state index contributed by atoms with van der Waals surface area (Å²) in [5, 5.41) is 6.46. The van der Waals surface area contributed by atoms with Crippen molar-refractivity contribution in [2.45, 2.75) is 19.9 Å². The van der Waals surface area contributed by atoms with Gasteiger partial charge in [-0.15, -0.1) is 0 Å². The summed E-state index contributed by atoms with van der Waals surface area (Å²) in [6.07, 6.45) is 0. The van der Waals surface area contributed by atoms with E-state index in [0.29, 0.717) is 5.57 Å². The summed E-state index contributed by atoms with van der Waals surface area (Å²) in [5.41, 5.74) is 7.39. The van der Waals surface area contributed by atoms with Gasteiger partial charge < -0.3 is 15.5 Å². The highest BCUT2D eigenvalue weighted by atomic mass is 16.1. The van der Waals surface area contributed by atoms with Crippen molar-refractivity contribution in [1.29, 1.82) is 0 Å². The lowest BCUT2D eigenvalue weighted by Gasteiger charge is -2.31. The lowest BCUT2D eigenvalue weighted by atomic mass is 9.94. The molecule has 166 valence electrons. The molecule has 0 saturated carbocycles. The molecule has 0 aliphatic carbocycles. The van der Waals surface area contributed by atoms with Crippen LogP contribution in [0.3, 0.4) is 0 Å². The van der Waals surface area contributed by atoms with Crippen LogP contribution in [-0.2, 0) is 4.79 Å². The van der Waals surface area contributed by atoms with Gasteiger partial charge in [-0.1, -0.05) is 42.0 Å². The first-order valence-electron chi connectivity index (χ1n) is 11.0. The molecule has 6 heteroatoms. The number of amides is 1. The number of nitrogens with one attached hydrogen (secondary N) is 2. The Bertz CT molecular complexity index is 1360. The zero-order chi connectivity index (χ0) is 23.1. The Hall–Kier alpha value is -4.06. The van der Waals surface area contributed by atoms with Gasteiger partial charge in [-0.2, -0.15) is 0 Å². The highest BCUT2D eigenvalue weighted by Crippen LogP contribution is 2.39. The molecule has 1 atom stereocenters. The molecule has 0 radical (unpaired) electrons. The van der Waals surface area contributed by atoms with E-state index in [1.807, 2.05) is 76.5 Å². The Morgan fingerprint density at radius 1 is 0.970 bits per heavy atom. The molecule has 2 heterocycles. The van der Waals surface area contributed by atoms with Crippen LogP contribution in [0.15, 0.2) is 84.1 Å². The SMILES string of the molecule is CC1=C(C(=O)Nc2ccc(C)cc2)[C@H](c2ccc(N(C)C)cc2)n2c(nc3ccccc32)N1. The van der Waals surface area contributed by atoms with Crippen LogP contribution in [-0.4, -0.2) is 29.6 Å². The zero-order valence-corrected chi connectivity index (χ0v) is 19.3. The Morgan fingerprint density at radius 2 is 1.67 bits per heavy atom. The number of carbonyl (C=O) groups is 1. The number of para-hydroxylation sites is 2. The third-order valence-corrected chi connectivity index (χ3v) is 6.11. The van der Waals surface area contributed by atoms with Gasteiger partial charge in [0.05, 0.1) is 22.6 Å². The summed E-state index contributed by atoms with van der Waals surface area (Å²) in [6.45, 7) is 3.97. The number of benzene rings is 3. The molecule has 4 aromatic rings. The maximum atomic E-state index is 13.6. The van der Waals surface area contributed by atoms with E-state index in [4.69, 9.17) is 4.98 Å². The first kappa shape index (κ1) is 20.8. The Kier molecular flexibility index (Phi) is 5.13. The van der Waals surface area contributed by atoms with Crippen molar-refractivity contribution in [3.05, 3.63) is 95.2 Å². The van der Waals surface area contributed by atoms with Crippen LogP contribution in [0.5, 0.6) is 0 Å². The summed E-state index contributed by atoms with van der Waals surface area (Å²) in [5.74, 6) is 0.608. The van der Waals surface area contributed by atoms with Gasteiger partial charge in [0, 0.05) is 31.2 Å². The molecule has 0 saturated heterocycles. The summed E-state index contributed by atoms with van der Waals surface area (Å²) in [7, 11) is 4.04. The number of nitrogens with zero attached hydrogens (tertiary/aromatic N) is 3. The average molecular weight is 438 g/mol. The number of imidazole rings is 1. The van der Waals surface area contributed by atoms with Gasteiger partial charge in [0.1, 0.15) is 0 Å². The van der Waals surface area contributed by atoms with E-state index in [0.717, 1.165) is 45.2 Å². The number of allylic oxidation sites excluding steroid dienone is 1. The first-order valence-corrected chi connectivity index (χ1v) is 11.0. The average Bonchev–Trinajstić information content (AvgIpc) is 3.17. The molecule has 1 amide bonds. The van der Waals surface area contributed by atoms with Gasteiger partial charge in [-0.25, -0.2) is 4.98 Å². The van der Waals surface area contributed by atoms with Gasteiger partial charge in [0.25, 0.3) is 5.91 Å². The fraction of sp³-hybridized carbons (Fsp3) is 0.185. The minimum absolute atomic E-state index is 0.131. The predicted octanol–water partition coefficient (Wildman–Crippen LogP) is 5.34. The Balaban J connectivity index is 1.64. The molecule has 0 bridgehead atoms. The van der Waals surface area contributed by atoms with Crippen LogP contribution in [0.1, 0.15) is 24.1 Å². The van der Waals surface area contributed by atoms with Crippen molar-refractivity contribution in [2.75, 3.05) is 29.6 Å². The smallest absolute Gasteiger partial charge is 0.255 e. The van der Waals surface area contributed by atoms with E-state index < -0.39 is 0 Å². The molecule has 0 spiro atoms. The Morgan fingerprint density at radius 3 is 2.36 bits per heavy atom. The number of hydrogen-bond acceptors (Lipinski definition) is 4. The molecule has 2 N–H and O–H groups in total. The second kappa shape index (κ2) is 8.13. The molecule has 1 aliphatic heterocycles. The van der Waals surface area contributed by atoms with Crippen molar-refractivity contribution < 1.29 is 4.79 Å².